The van der Waals surface area contributed by atoms with Gasteiger partial charge in [-0.15, -0.1) is 0 Å². The van der Waals surface area contributed by atoms with Gasteiger partial charge in [-0.25, -0.2) is 13.5 Å². The maximum atomic E-state index is 13.1. The van der Waals surface area contributed by atoms with Gasteiger partial charge in [-0.2, -0.15) is 5.10 Å². The van der Waals surface area contributed by atoms with Gasteiger partial charge >= 0.3 is 0 Å². The molecular formula is C14H15F2N3O2. The number of benzene rings is 1. The number of nitrogens with zero attached hydrogens (tertiary/aromatic N) is 2. The smallest absolute Gasteiger partial charge is 0.270 e. The summed E-state index contributed by atoms with van der Waals surface area (Å²) in [5.74, 6) is -1.53. The zero-order valence-electron chi connectivity index (χ0n) is 11.3. The molecule has 7 heteroatoms. The average molecular weight is 295 g/mol. The Morgan fingerprint density at radius 2 is 2.05 bits per heavy atom. The third kappa shape index (κ3) is 4.09. The summed E-state index contributed by atoms with van der Waals surface area (Å²) < 4.78 is 32.4. The van der Waals surface area contributed by atoms with Crippen LogP contribution in [0.5, 0.6) is 5.75 Å². The number of rotatable bonds is 6. The molecule has 0 saturated heterocycles. The predicted octanol–water partition coefficient (Wildman–Crippen LogP) is 1.30. The number of hydrogen-bond acceptors (Lipinski definition) is 4. The van der Waals surface area contributed by atoms with Crippen LogP contribution in [0.1, 0.15) is 12.0 Å². The standard InChI is InChI=1S/C14H15F2N3O2/c15-12-3-2-10(6-13(12)16)9-19-14(20)7-11(8-18-19)21-5-1-4-17/h2-3,6-8H,1,4-5,9,17H2. The van der Waals surface area contributed by atoms with Crippen LogP contribution in [0.4, 0.5) is 8.78 Å². The van der Waals surface area contributed by atoms with Gasteiger partial charge in [-0.3, -0.25) is 4.79 Å². The van der Waals surface area contributed by atoms with E-state index in [0.29, 0.717) is 30.9 Å². The number of aromatic nitrogens is 2. The molecule has 2 rings (SSSR count). The van der Waals surface area contributed by atoms with E-state index in [2.05, 4.69) is 5.10 Å². The lowest BCUT2D eigenvalue weighted by atomic mass is 10.2. The van der Waals surface area contributed by atoms with Crippen molar-refractivity contribution >= 4 is 0 Å². The molecule has 0 saturated carbocycles. The van der Waals surface area contributed by atoms with Crippen LogP contribution in [0.2, 0.25) is 0 Å². The number of nitrogens with two attached hydrogens (primary N) is 1. The molecule has 0 aliphatic rings. The van der Waals surface area contributed by atoms with Crippen LogP contribution in [0.3, 0.4) is 0 Å². The van der Waals surface area contributed by atoms with Crippen molar-refractivity contribution in [1.82, 2.24) is 9.78 Å². The Bertz CT molecular complexity index is 674. The predicted molar refractivity (Wildman–Crippen MR) is 73.1 cm³/mol. The maximum Gasteiger partial charge on any atom is 0.270 e. The SMILES string of the molecule is NCCCOc1cnn(Cc2ccc(F)c(F)c2)c(=O)c1. The highest BCUT2D eigenvalue weighted by atomic mass is 19.2. The van der Waals surface area contributed by atoms with Crippen LogP contribution < -0.4 is 16.0 Å². The van der Waals surface area contributed by atoms with Crippen LogP contribution in [0.25, 0.3) is 0 Å². The second-order valence-electron chi connectivity index (χ2n) is 4.43. The van der Waals surface area contributed by atoms with Gasteiger partial charge in [0, 0.05) is 6.07 Å². The Balaban J connectivity index is 2.10. The van der Waals surface area contributed by atoms with E-state index in [1.807, 2.05) is 0 Å². The first-order valence-electron chi connectivity index (χ1n) is 6.44. The largest absolute Gasteiger partial charge is 0.492 e. The summed E-state index contributed by atoms with van der Waals surface area (Å²) in [7, 11) is 0. The molecule has 2 aromatic rings. The van der Waals surface area contributed by atoms with E-state index in [4.69, 9.17) is 10.5 Å². The molecule has 0 aliphatic heterocycles. The number of hydrogen-bond donors (Lipinski definition) is 1. The van der Waals surface area contributed by atoms with Crippen LogP contribution in [-0.2, 0) is 6.54 Å². The van der Waals surface area contributed by atoms with Gasteiger partial charge in [-0.1, -0.05) is 6.07 Å². The van der Waals surface area contributed by atoms with Crippen LogP contribution in [-0.4, -0.2) is 22.9 Å². The fraction of sp³-hybridized carbons (Fsp3) is 0.286. The van der Waals surface area contributed by atoms with Crippen molar-refractivity contribution in [2.75, 3.05) is 13.2 Å². The molecule has 0 bridgehead atoms. The Morgan fingerprint density at radius 3 is 2.71 bits per heavy atom. The second kappa shape index (κ2) is 6.94. The molecule has 112 valence electrons. The Morgan fingerprint density at radius 1 is 1.24 bits per heavy atom. The Hall–Kier alpha value is -2.28. The Labute approximate surface area is 120 Å². The summed E-state index contributed by atoms with van der Waals surface area (Å²) in [6.45, 7) is 0.963. The summed E-state index contributed by atoms with van der Waals surface area (Å²) in [5.41, 5.74) is 5.40. The molecule has 0 spiro atoms. The number of ether oxygens (including phenoxy) is 1. The van der Waals surface area contributed by atoms with E-state index in [1.165, 1.54) is 18.3 Å². The quantitative estimate of drug-likeness (QED) is 0.815. The third-order valence-electron chi connectivity index (χ3n) is 2.78. The van der Waals surface area contributed by atoms with E-state index in [9.17, 15) is 13.6 Å². The zero-order chi connectivity index (χ0) is 15.2. The minimum absolute atomic E-state index is 0.0547. The van der Waals surface area contributed by atoms with Gasteiger partial charge in [0.25, 0.3) is 5.56 Å². The first-order chi connectivity index (χ1) is 10.1. The highest BCUT2D eigenvalue weighted by Gasteiger charge is 2.06. The van der Waals surface area contributed by atoms with E-state index in [0.717, 1.165) is 16.8 Å². The highest BCUT2D eigenvalue weighted by molar-refractivity contribution is 5.19. The van der Waals surface area contributed by atoms with Crippen molar-refractivity contribution < 1.29 is 13.5 Å². The van der Waals surface area contributed by atoms with Crippen molar-refractivity contribution in [3.05, 3.63) is 58.0 Å². The highest BCUT2D eigenvalue weighted by Crippen LogP contribution is 2.10. The zero-order valence-corrected chi connectivity index (χ0v) is 11.3. The summed E-state index contributed by atoms with van der Waals surface area (Å²) in [4.78, 5) is 11.9. The fourth-order valence-corrected chi connectivity index (χ4v) is 1.70. The van der Waals surface area contributed by atoms with Crippen LogP contribution in [0.15, 0.2) is 35.3 Å². The lowest BCUT2D eigenvalue weighted by Crippen LogP contribution is -2.23. The molecule has 0 aliphatic carbocycles. The molecule has 5 nitrogen and oxygen atoms in total. The van der Waals surface area contributed by atoms with Gasteiger partial charge in [0.15, 0.2) is 11.6 Å². The van der Waals surface area contributed by atoms with E-state index in [1.54, 1.807) is 0 Å². The van der Waals surface area contributed by atoms with Crippen molar-refractivity contribution in [3.8, 4) is 5.75 Å². The normalized spacial score (nSPS) is 10.6. The molecule has 1 aromatic heterocycles. The summed E-state index contributed by atoms with van der Waals surface area (Å²) >= 11 is 0. The van der Waals surface area contributed by atoms with Crippen LogP contribution in [0, 0.1) is 11.6 Å². The summed E-state index contributed by atoms with van der Waals surface area (Å²) in [6.07, 6.45) is 2.08. The van der Waals surface area contributed by atoms with Crippen molar-refractivity contribution in [2.45, 2.75) is 13.0 Å². The van der Waals surface area contributed by atoms with Gasteiger partial charge < -0.3 is 10.5 Å². The first kappa shape index (κ1) is 15.1. The average Bonchev–Trinajstić information content (AvgIpc) is 2.46. The van der Waals surface area contributed by atoms with Crippen molar-refractivity contribution in [1.29, 1.82) is 0 Å². The van der Waals surface area contributed by atoms with Gasteiger partial charge in [0.2, 0.25) is 0 Å². The van der Waals surface area contributed by atoms with Gasteiger partial charge in [-0.05, 0) is 30.7 Å². The van der Waals surface area contributed by atoms with E-state index < -0.39 is 11.6 Å². The number of halogens is 2. The maximum absolute atomic E-state index is 13.1. The molecule has 2 N–H and O–H groups in total. The lowest BCUT2D eigenvalue weighted by Gasteiger charge is -2.07. The van der Waals surface area contributed by atoms with Gasteiger partial charge in [0.05, 0.1) is 19.3 Å². The first-order valence-corrected chi connectivity index (χ1v) is 6.44. The van der Waals surface area contributed by atoms with Crippen molar-refractivity contribution in [3.63, 3.8) is 0 Å². The molecule has 1 aromatic carbocycles. The monoisotopic (exact) mass is 295 g/mol. The molecule has 0 fully saturated rings. The molecule has 0 radical (unpaired) electrons. The van der Waals surface area contributed by atoms with Gasteiger partial charge in [0.1, 0.15) is 5.75 Å². The van der Waals surface area contributed by atoms with E-state index >= 15 is 0 Å². The topological polar surface area (TPSA) is 70.1 Å². The summed E-state index contributed by atoms with van der Waals surface area (Å²) in [5, 5.41) is 3.94. The lowest BCUT2D eigenvalue weighted by molar-refractivity contribution is 0.309. The molecule has 1 heterocycles. The van der Waals surface area contributed by atoms with Crippen LogP contribution >= 0.6 is 0 Å². The fourth-order valence-electron chi connectivity index (χ4n) is 1.70. The Kier molecular flexibility index (Phi) is 4.99. The molecule has 0 amide bonds. The molecule has 0 atom stereocenters. The minimum atomic E-state index is -0.956. The molecule has 0 unspecified atom stereocenters. The second-order valence-corrected chi connectivity index (χ2v) is 4.43. The molecular weight excluding hydrogens is 280 g/mol. The summed E-state index contributed by atoms with van der Waals surface area (Å²) in [6, 6.07) is 4.75. The van der Waals surface area contributed by atoms with Crippen molar-refractivity contribution in [2.24, 2.45) is 5.73 Å². The van der Waals surface area contributed by atoms with E-state index in [-0.39, 0.29) is 12.1 Å². The molecule has 21 heavy (non-hydrogen) atoms. The minimum Gasteiger partial charge on any atom is -0.492 e. The third-order valence-corrected chi connectivity index (χ3v) is 2.78.